The van der Waals surface area contributed by atoms with E-state index in [-0.39, 0.29) is 22.1 Å². The van der Waals surface area contributed by atoms with E-state index in [4.69, 9.17) is 5.73 Å². The van der Waals surface area contributed by atoms with E-state index < -0.39 is 0 Å². The molecule has 1 amide bonds. The van der Waals surface area contributed by atoms with Gasteiger partial charge in [0.25, 0.3) is 0 Å². The van der Waals surface area contributed by atoms with E-state index in [2.05, 4.69) is 20.8 Å². The Bertz CT molecular complexity index is 319. The Morgan fingerprint density at radius 3 is 2.65 bits per heavy atom. The smallest absolute Gasteiger partial charge is 0.230 e. The quantitative estimate of drug-likeness (QED) is 0.779. The van der Waals surface area contributed by atoms with Crippen molar-refractivity contribution in [3.63, 3.8) is 0 Å². The number of hydrogen-bond donors (Lipinski definition) is 1. The van der Waals surface area contributed by atoms with Crippen LogP contribution in [0.4, 0.5) is 0 Å². The van der Waals surface area contributed by atoms with E-state index in [1.165, 1.54) is 0 Å². The third-order valence-corrected chi connectivity index (χ3v) is 5.53. The third kappa shape index (κ3) is 2.48. The fourth-order valence-electron chi connectivity index (χ4n) is 3.01. The largest absolute Gasteiger partial charge is 0.340 e. The minimum absolute atomic E-state index is 0.0488. The maximum atomic E-state index is 12.7. The molecule has 1 aliphatic carbocycles. The molecule has 2 N–H and O–H groups in total. The van der Waals surface area contributed by atoms with E-state index in [1.54, 1.807) is 0 Å². The molecule has 0 aromatic rings. The molecule has 2 aliphatic rings. The zero-order chi connectivity index (χ0) is 12.7. The van der Waals surface area contributed by atoms with Crippen LogP contribution in [0.2, 0.25) is 0 Å². The van der Waals surface area contributed by atoms with Crippen molar-refractivity contribution in [2.75, 3.05) is 18.8 Å². The monoisotopic (exact) mass is 256 g/mol. The van der Waals surface area contributed by atoms with Crippen LogP contribution in [-0.4, -0.2) is 40.4 Å². The average Bonchev–Trinajstić information content (AvgIpc) is 2.58. The Morgan fingerprint density at radius 2 is 2.12 bits per heavy atom. The molecular formula is C13H24N2OS. The van der Waals surface area contributed by atoms with Crippen LogP contribution in [-0.2, 0) is 4.79 Å². The lowest BCUT2D eigenvalue weighted by molar-refractivity contribution is -0.141. The summed E-state index contributed by atoms with van der Waals surface area (Å²) in [5.41, 5.74) is 5.83. The molecule has 4 heteroatoms. The summed E-state index contributed by atoms with van der Waals surface area (Å²) in [6.45, 7) is 8.23. The Labute approximate surface area is 108 Å². The molecule has 1 saturated heterocycles. The first-order valence-electron chi connectivity index (χ1n) is 6.54. The summed E-state index contributed by atoms with van der Waals surface area (Å²) < 4.78 is 0.187. The topological polar surface area (TPSA) is 46.3 Å². The van der Waals surface area contributed by atoms with Crippen molar-refractivity contribution in [1.82, 2.24) is 4.90 Å². The van der Waals surface area contributed by atoms with Gasteiger partial charge >= 0.3 is 0 Å². The molecule has 3 nitrogen and oxygen atoms in total. The molecule has 98 valence electrons. The number of rotatable bonds is 1. The summed E-state index contributed by atoms with van der Waals surface area (Å²) in [4.78, 5) is 14.7. The lowest BCUT2D eigenvalue weighted by atomic mass is 9.83. The predicted molar refractivity (Wildman–Crippen MR) is 73.1 cm³/mol. The fourth-order valence-corrected chi connectivity index (χ4v) is 4.12. The van der Waals surface area contributed by atoms with Gasteiger partial charge in [-0.1, -0.05) is 6.42 Å². The van der Waals surface area contributed by atoms with Gasteiger partial charge in [0.05, 0.1) is 5.41 Å². The maximum absolute atomic E-state index is 12.7. The van der Waals surface area contributed by atoms with Crippen LogP contribution in [0.1, 0.15) is 40.0 Å². The zero-order valence-electron chi connectivity index (χ0n) is 11.2. The summed E-state index contributed by atoms with van der Waals surface area (Å²) >= 11 is 1.96. The van der Waals surface area contributed by atoms with Gasteiger partial charge in [0.1, 0.15) is 0 Å². The van der Waals surface area contributed by atoms with Crippen molar-refractivity contribution in [3.05, 3.63) is 0 Å². The second kappa shape index (κ2) is 4.47. The number of thioether (sulfide) groups is 1. The van der Waals surface area contributed by atoms with Gasteiger partial charge < -0.3 is 10.6 Å². The number of amides is 1. The van der Waals surface area contributed by atoms with Gasteiger partial charge in [-0.3, -0.25) is 4.79 Å². The molecule has 0 bridgehead atoms. The molecule has 2 unspecified atom stereocenters. The summed E-state index contributed by atoms with van der Waals surface area (Å²) in [6, 6.07) is 0.0488. The molecule has 0 aromatic heterocycles. The summed E-state index contributed by atoms with van der Waals surface area (Å²) in [6.07, 6.45) is 3.04. The molecule has 1 saturated carbocycles. The zero-order valence-corrected chi connectivity index (χ0v) is 12.0. The van der Waals surface area contributed by atoms with Gasteiger partial charge in [-0.25, -0.2) is 0 Å². The van der Waals surface area contributed by atoms with Crippen LogP contribution in [0.3, 0.4) is 0 Å². The first kappa shape index (κ1) is 13.2. The number of carbonyl (C=O) groups excluding carboxylic acids is 1. The molecule has 2 atom stereocenters. The molecule has 2 fully saturated rings. The highest BCUT2D eigenvalue weighted by Crippen LogP contribution is 2.40. The van der Waals surface area contributed by atoms with Crippen LogP contribution in [0.15, 0.2) is 0 Å². The second-order valence-corrected chi connectivity index (χ2v) is 8.05. The summed E-state index contributed by atoms with van der Waals surface area (Å²) in [5, 5.41) is 0. The minimum Gasteiger partial charge on any atom is -0.340 e. The number of nitrogens with two attached hydrogens (primary N) is 1. The SMILES string of the molecule is CC1(C)CN(C(=O)C2(C)CCCC2N)CCS1. The van der Waals surface area contributed by atoms with Gasteiger partial charge in [-0.05, 0) is 33.6 Å². The average molecular weight is 256 g/mol. The number of hydrogen-bond acceptors (Lipinski definition) is 3. The first-order chi connectivity index (χ1) is 7.85. The van der Waals surface area contributed by atoms with Gasteiger partial charge in [0.15, 0.2) is 0 Å². The third-order valence-electron chi connectivity index (χ3n) is 4.23. The molecular weight excluding hydrogens is 232 g/mol. The molecule has 0 radical (unpaired) electrons. The van der Waals surface area contributed by atoms with Crippen molar-refractivity contribution in [2.45, 2.75) is 50.8 Å². The predicted octanol–water partition coefficient (Wildman–Crippen LogP) is 1.86. The fraction of sp³-hybridized carbons (Fsp3) is 0.923. The second-order valence-electron chi connectivity index (χ2n) is 6.25. The summed E-state index contributed by atoms with van der Waals surface area (Å²) in [7, 11) is 0. The molecule has 0 aromatic carbocycles. The van der Waals surface area contributed by atoms with E-state index in [0.29, 0.717) is 0 Å². The van der Waals surface area contributed by atoms with Crippen LogP contribution in [0, 0.1) is 5.41 Å². The van der Waals surface area contributed by atoms with E-state index in [9.17, 15) is 4.79 Å². The maximum Gasteiger partial charge on any atom is 0.230 e. The van der Waals surface area contributed by atoms with Crippen molar-refractivity contribution >= 4 is 17.7 Å². The van der Waals surface area contributed by atoms with E-state index in [1.807, 2.05) is 16.7 Å². The minimum atomic E-state index is -0.307. The van der Waals surface area contributed by atoms with Crippen molar-refractivity contribution in [3.8, 4) is 0 Å². The highest BCUT2D eigenvalue weighted by molar-refractivity contribution is 8.00. The van der Waals surface area contributed by atoms with Crippen LogP contribution in [0.25, 0.3) is 0 Å². The van der Waals surface area contributed by atoms with Crippen LogP contribution < -0.4 is 5.73 Å². The van der Waals surface area contributed by atoms with E-state index >= 15 is 0 Å². The highest BCUT2D eigenvalue weighted by Gasteiger charge is 2.46. The molecule has 1 aliphatic heterocycles. The van der Waals surface area contributed by atoms with Gasteiger partial charge in [-0.2, -0.15) is 11.8 Å². The highest BCUT2D eigenvalue weighted by atomic mass is 32.2. The Kier molecular flexibility index (Phi) is 3.47. The van der Waals surface area contributed by atoms with Crippen molar-refractivity contribution in [1.29, 1.82) is 0 Å². The lowest BCUT2D eigenvalue weighted by Crippen LogP contribution is -2.54. The molecule has 2 rings (SSSR count). The normalized spacial score (nSPS) is 37.2. The number of carbonyl (C=O) groups is 1. The molecule has 1 heterocycles. The number of nitrogens with zero attached hydrogens (tertiary/aromatic N) is 1. The van der Waals surface area contributed by atoms with Crippen molar-refractivity contribution < 1.29 is 4.79 Å². The van der Waals surface area contributed by atoms with Crippen LogP contribution >= 0.6 is 11.8 Å². The lowest BCUT2D eigenvalue weighted by Gasteiger charge is -2.42. The molecule has 0 spiro atoms. The van der Waals surface area contributed by atoms with E-state index in [0.717, 1.165) is 38.1 Å². The summed E-state index contributed by atoms with van der Waals surface area (Å²) in [5.74, 6) is 1.33. The van der Waals surface area contributed by atoms with Crippen molar-refractivity contribution in [2.24, 2.45) is 11.1 Å². The van der Waals surface area contributed by atoms with Gasteiger partial charge in [-0.15, -0.1) is 0 Å². The Morgan fingerprint density at radius 1 is 1.41 bits per heavy atom. The molecule has 17 heavy (non-hydrogen) atoms. The first-order valence-corrected chi connectivity index (χ1v) is 7.53. The van der Waals surface area contributed by atoms with Gasteiger partial charge in [0, 0.05) is 29.6 Å². The van der Waals surface area contributed by atoms with Crippen LogP contribution in [0.5, 0.6) is 0 Å². The Hall–Kier alpha value is -0.220. The standard InChI is InChI=1S/C13H24N2OS/c1-12(2)9-15(7-8-17-12)11(16)13(3)6-4-5-10(13)14/h10H,4-9,14H2,1-3H3. The Balaban J connectivity index is 2.09. The van der Waals surface area contributed by atoms with Gasteiger partial charge in [0.2, 0.25) is 5.91 Å².